The van der Waals surface area contributed by atoms with Crippen LogP contribution in [0, 0.1) is 0 Å². The average molecular weight is 178 g/mol. The molecule has 12 heavy (non-hydrogen) atoms. The Kier molecular flexibility index (Phi) is 2.85. The molecule has 0 spiro atoms. The van der Waals surface area contributed by atoms with Crippen molar-refractivity contribution in [3.63, 3.8) is 0 Å². The topological polar surface area (TPSA) is 113 Å². The minimum atomic E-state index is -0.917. The van der Waals surface area contributed by atoms with Crippen LogP contribution in [0.3, 0.4) is 0 Å². The molecule has 0 unspecified atom stereocenters. The van der Waals surface area contributed by atoms with Gasteiger partial charge >= 0.3 is 0 Å². The van der Waals surface area contributed by atoms with Crippen molar-refractivity contribution in [2.45, 2.75) is 39.1 Å². The molecule has 0 heterocycles. The summed E-state index contributed by atoms with van der Waals surface area (Å²) in [7, 11) is 0. The molecule has 74 valence electrons. The molecule has 0 rings (SSSR count). The zero-order chi connectivity index (χ0) is 10.2. The number of rotatable bonds is 3. The van der Waals surface area contributed by atoms with Crippen LogP contribution in [-0.2, 0) is 4.84 Å². The van der Waals surface area contributed by atoms with Gasteiger partial charge in [-0.2, -0.15) is 0 Å². The highest BCUT2D eigenvalue weighted by atomic mass is 16.8. The van der Waals surface area contributed by atoms with Crippen molar-refractivity contribution in [3.05, 3.63) is 0 Å². The summed E-state index contributed by atoms with van der Waals surface area (Å²) in [5.41, 5.74) is 9.40. The van der Waals surface area contributed by atoms with E-state index < -0.39 is 16.3 Å². The van der Waals surface area contributed by atoms with Gasteiger partial charge in [-0.3, -0.25) is 11.5 Å². The smallest absolute Gasteiger partial charge is 0.213 e. The lowest BCUT2D eigenvalue weighted by Crippen LogP contribution is -2.77. The molecule has 0 aromatic heterocycles. The molecular weight excluding hydrogens is 158 g/mol. The number of hydrogen-bond acceptors (Lipinski definition) is 5. The van der Waals surface area contributed by atoms with E-state index in [9.17, 15) is 0 Å². The normalized spacial score (nSPS) is 15.0. The third kappa shape index (κ3) is 3.44. The monoisotopic (exact) mass is 178 g/mol. The first kappa shape index (κ1) is 11.8. The van der Waals surface area contributed by atoms with Crippen LogP contribution in [0.4, 0.5) is 0 Å². The Morgan fingerprint density at radius 1 is 1.00 bits per heavy atom. The van der Waals surface area contributed by atoms with E-state index in [1.54, 1.807) is 27.7 Å². The fraction of sp³-hybridized carbons (Fsp3) is 1.00. The standard InChI is InChI=1S/C6H20N5O/c1-5(2,7)11(9,10)12-6(3,4)8/h7-10H2,1-4H3/q+1. The molecule has 0 amide bonds. The highest BCUT2D eigenvalue weighted by Gasteiger charge is 2.42. The van der Waals surface area contributed by atoms with Crippen molar-refractivity contribution >= 4 is 0 Å². The fourth-order valence-corrected chi connectivity index (χ4v) is 0.507. The maximum Gasteiger partial charge on any atom is 0.213 e. The lowest BCUT2D eigenvalue weighted by Gasteiger charge is -2.38. The summed E-state index contributed by atoms with van der Waals surface area (Å²) < 4.78 is 0. The van der Waals surface area contributed by atoms with E-state index in [4.69, 9.17) is 28.0 Å². The Morgan fingerprint density at radius 3 is 1.42 bits per heavy atom. The van der Waals surface area contributed by atoms with E-state index in [1.165, 1.54) is 0 Å². The summed E-state index contributed by atoms with van der Waals surface area (Å²) in [4.78, 5) is 4.37. The lowest BCUT2D eigenvalue weighted by atomic mass is 10.3. The van der Waals surface area contributed by atoms with Crippen LogP contribution in [0.5, 0.6) is 0 Å². The largest absolute Gasteiger partial charge is 0.299 e. The molecule has 6 nitrogen and oxygen atoms in total. The summed E-state index contributed by atoms with van der Waals surface area (Å²) >= 11 is 0. The molecule has 6 heteroatoms. The SMILES string of the molecule is CC(C)(N)O[N+](N)(N)C(C)(C)N. The minimum Gasteiger partial charge on any atom is -0.299 e. The number of quaternary nitrogens is 1. The van der Waals surface area contributed by atoms with E-state index in [2.05, 4.69) is 0 Å². The molecule has 0 aliphatic heterocycles. The van der Waals surface area contributed by atoms with Gasteiger partial charge in [-0.25, -0.2) is 0 Å². The predicted molar refractivity (Wildman–Crippen MR) is 46.3 cm³/mol. The van der Waals surface area contributed by atoms with Gasteiger partial charge in [0, 0.05) is 13.8 Å². The first-order valence-electron chi connectivity index (χ1n) is 3.70. The zero-order valence-corrected chi connectivity index (χ0v) is 8.16. The fourth-order valence-electron chi connectivity index (χ4n) is 0.507. The summed E-state index contributed by atoms with van der Waals surface area (Å²) in [6.45, 7) is 6.59. The van der Waals surface area contributed by atoms with Gasteiger partial charge in [0.25, 0.3) is 0 Å². The van der Waals surface area contributed by atoms with Gasteiger partial charge in [0.05, 0.1) is 0 Å². The van der Waals surface area contributed by atoms with Gasteiger partial charge in [0.15, 0.2) is 5.72 Å². The number of nitrogens with two attached hydrogens (primary N) is 4. The van der Waals surface area contributed by atoms with Crippen molar-refractivity contribution in [2.75, 3.05) is 0 Å². The van der Waals surface area contributed by atoms with Crippen molar-refractivity contribution in [1.29, 1.82) is 0 Å². The van der Waals surface area contributed by atoms with E-state index in [0.717, 1.165) is 0 Å². The number of hydrogen-bond donors (Lipinski definition) is 4. The van der Waals surface area contributed by atoms with Gasteiger partial charge in [-0.15, -0.1) is 16.5 Å². The zero-order valence-electron chi connectivity index (χ0n) is 8.16. The van der Waals surface area contributed by atoms with E-state index in [0.29, 0.717) is 0 Å². The van der Waals surface area contributed by atoms with Crippen LogP contribution in [-0.4, -0.2) is 16.3 Å². The Morgan fingerprint density at radius 2 is 1.33 bits per heavy atom. The molecular formula is C6H20N5O+. The lowest BCUT2D eigenvalue weighted by molar-refractivity contribution is -1.17. The maximum absolute atomic E-state index is 5.66. The Labute approximate surface area is 72.9 Å². The number of hydroxylamine groups is 1. The third-order valence-electron chi connectivity index (χ3n) is 1.29. The van der Waals surface area contributed by atoms with Crippen LogP contribution < -0.4 is 23.2 Å². The Bertz CT molecular complexity index is 154. The highest BCUT2D eigenvalue weighted by molar-refractivity contribution is 4.56. The minimum absolute atomic E-state index is 0.767. The van der Waals surface area contributed by atoms with E-state index >= 15 is 0 Å². The molecule has 0 aromatic rings. The quantitative estimate of drug-likeness (QED) is 0.189. The molecule has 8 N–H and O–H groups in total. The van der Waals surface area contributed by atoms with Crippen LogP contribution in [0.1, 0.15) is 27.7 Å². The molecule has 0 aliphatic rings. The maximum atomic E-state index is 5.66. The van der Waals surface area contributed by atoms with Gasteiger partial charge in [-0.1, -0.05) is 0 Å². The summed E-state index contributed by atoms with van der Waals surface area (Å²) in [5.74, 6) is 11.1. The molecule has 0 radical (unpaired) electrons. The van der Waals surface area contributed by atoms with Gasteiger partial charge < -0.3 is 0 Å². The Hall–Kier alpha value is -0.240. The van der Waals surface area contributed by atoms with E-state index in [-0.39, 0.29) is 0 Å². The summed E-state index contributed by atoms with van der Waals surface area (Å²) in [6, 6.07) is 0. The molecule has 0 aliphatic carbocycles. The molecule has 0 saturated carbocycles. The molecule has 0 fully saturated rings. The second kappa shape index (κ2) is 2.91. The second-order valence-corrected chi connectivity index (χ2v) is 4.06. The van der Waals surface area contributed by atoms with Gasteiger partial charge in [0.2, 0.25) is 5.66 Å². The van der Waals surface area contributed by atoms with E-state index in [1.807, 2.05) is 0 Å². The molecule has 0 bridgehead atoms. The van der Waals surface area contributed by atoms with Crippen molar-refractivity contribution in [1.82, 2.24) is 0 Å². The number of nitrogens with zero attached hydrogens (tertiary/aromatic N) is 1. The van der Waals surface area contributed by atoms with Gasteiger partial charge in [0.1, 0.15) is 0 Å². The van der Waals surface area contributed by atoms with Crippen LogP contribution >= 0.6 is 0 Å². The Balaban J connectivity index is 4.44. The summed E-state index contributed by atoms with van der Waals surface area (Å²) in [5, 5.41) is 0. The molecule has 0 aromatic carbocycles. The van der Waals surface area contributed by atoms with Crippen molar-refractivity contribution < 1.29 is 9.70 Å². The molecule has 0 atom stereocenters. The van der Waals surface area contributed by atoms with Crippen LogP contribution in [0.25, 0.3) is 0 Å². The second-order valence-electron chi connectivity index (χ2n) is 4.06. The highest BCUT2D eigenvalue weighted by Crippen LogP contribution is 2.13. The first-order chi connectivity index (χ1) is 4.96. The predicted octanol–water partition coefficient (Wildman–Crippen LogP) is -1.13. The van der Waals surface area contributed by atoms with Crippen LogP contribution in [0.2, 0.25) is 0 Å². The van der Waals surface area contributed by atoms with Crippen molar-refractivity contribution in [2.24, 2.45) is 23.2 Å². The average Bonchev–Trinajstić information content (AvgIpc) is 1.52. The summed E-state index contributed by atoms with van der Waals surface area (Å²) in [6.07, 6.45) is 0. The first-order valence-corrected chi connectivity index (χ1v) is 3.70. The van der Waals surface area contributed by atoms with Gasteiger partial charge in [-0.05, 0) is 18.7 Å². The van der Waals surface area contributed by atoms with Crippen molar-refractivity contribution in [3.8, 4) is 0 Å². The molecule has 0 saturated heterocycles. The third-order valence-corrected chi connectivity index (χ3v) is 1.29. The van der Waals surface area contributed by atoms with Crippen LogP contribution in [0.15, 0.2) is 0 Å².